The van der Waals surface area contributed by atoms with E-state index in [0.29, 0.717) is 11.5 Å². The van der Waals surface area contributed by atoms with Gasteiger partial charge in [0.2, 0.25) is 0 Å². The zero-order valence-corrected chi connectivity index (χ0v) is 17.6. The van der Waals surface area contributed by atoms with Gasteiger partial charge in [-0.1, -0.05) is 60.3 Å². The molecule has 1 aliphatic heterocycles. The van der Waals surface area contributed by atoms with Crippen molar-refractivity contribution >= 4 is 23.7 Å². The summed E-state index contributed by atoms with van der Waals surface area (Å²) in [6.07, 6.45) is 6.10. The molecule has 1 fully saturated rings. The number of hydrogen-bond acceptors (Lipinski definition) is 5. The number of carbonyl (C=O) groups is 1. The van der Waals surface area contributed by atoms with Gasteiger partial charge in [0, 0.05) is 38.9 Å². The predicted molar refractivity (Wildman–Crippen MR) is 120 cm³/mol. The molecule has 0 N–H and O–H groups in total. The number of hydrogen-bond donors (Lipinski definition) is 0. The van der Waals surface area contributed by atoms with Crippen LogP contribution in [0.5, 0.6) is 0 Å². The van der Waals surface area contributed by atoms with Crippen molar-refractivity contribution in [3.05, 3.63) is 90.0 Å². The van der Waals surface area contributed by atoms with Gasteiger partial charge in [-0.25, -0.2) is 4.98 Å². The first-order chi connectivity index (χ1) is 14.8. The number of piperazine rings is 1. The quantitative estimate of drug-likeness (QED) is 0.530. The predicted octanol–water partition coefficient (Wildman–Crippen LogP) is 4.44. The van der Waals surface area contributed by atoms with Gasteiger partial charge in [-0.05, 0) is 29.8 Å². The summed E-state index contributed by atoms with van der Waals surface area (Å²) in [5, 5.41) is 0.944. The van der Waals surface area contributed by atoms with Crippen molar-refractivity contribution in [1.29, 1.82) is 0 Å². The molecule has 1 aromatic carbocycles. The standard InChI is InChI=1S/C24H25N3O2S/c28-24(22-12-11-21(29-22)19-30-23-10-4-5-13-25-23)27-17-15-26(16-18-27)14-6-9-20-7-2-1-3-8-20/h1-13H,14-19H2/b9-6+. The lowest BCUT2D eigenvalue weighted by Gasteiger charge is -2.33. The number of rotatable bonds is 7. The van der Waals surface area contributed by atoms with E-state index in [4.69, 9.17) is 4.42 Å². The Morgan fingerprint density at radius 1 is 1.00 bits per heavy atom. The van der Waals surface area contributed by atoms with E-state index in [1.54, 1.807) is 24.0 Å². The fourth-order valence-electron chi connectivity index (χ4n) is 3.34. The Labute approximate surface area is 181 Å². The largest absolute Gasteiger partial charge is 0.455 e. The third-order valence-corrected chi connectivity index (χ3v) is 5.97. The summed E-state index contributed by atoms with van der Waals surface area (Å²) >= 11 is 1.60. The SMILES string of the molecule is O=C(c1ccc(CSc2ccccn2)o1)N1CCN(C/C=C/c2ccccc2)CC1. The van der Waals surface area contributed by atoms with Crippen LogP contribution in [0.15, 0.2) is 82.4 Å². The molecule has 1 aliphatic rings. The molecule has 0 saturated carbocycles. The molecule has 2 aromatic heterocycles. The average molecular weight is 420 g/mol. The molecule has 0 unspecified atom stereocenters. The Kier molecular flexibility index (Phi) is 7.00. The number of aromatic nitrogens is 1. The van der Waals surface area contributed by atoms with Crippen molar-refractivity contribution in [3.8, 4) is 0 Å². The van der Waals surface area contributed by atoms with Gasteiger partial charge in [-0.3, -0.25) is 9.69 Å². The van der Waals surface area contributed by atoms with Crippen LogP contribution in [0.1, 0.15) is 21.9 Å². The van der Waals surface area contributed by atoms with Crippen LogP contribution in [0.2, 0.25) is 0 Å². The van der Waals surface area contributed by atoms with E-state index < -0.39 is 0 Å². The van der Waals surface area contributed by atoms with Gasteiger partial charge in [-0.15, -0.1) is 0 Å². The van der Waals surface area contributed by atoms with Gasteiger partial charge in [0.1, 0.15) is 5.76 Å². The Morgan fingerprint density at radius 2 is 1.80 bits per heavy atom. The zero-order chi connectivity index (χ0) is 20.6. The van der Waals surface area contributed by atoms with Crippen LogP contribution < -0.4 is 0 Å². The number of pyridine rings is 1. The van der Waals surface area contributed by atoms with Crippen LogP contribution in [0, 0.1) is 0 Å². The first-order valence-corrected chi connectivity index (χ1v) is 11.1. The molecular formula is C24H25N3O2S. The van der Waals surface area contributed by atoms with Crippen LogP contribution in [0.3, 0.4) is 0 Å². The molecule has 1 amide bonds. The molecule has 30 heavy (non-hydrogen) atoms. The van der Waals surface area contributed by atoms with Gasteiger partial charge in [0.05, 0.1) is 10.8 Å². The minimum absolute atomic E-state index is 0.0245. The lowest BCUT2D eigenvalue weighted by molar-refractivity contribution is 0.0617. The number of thioether (sulfide) groups is 1. The molecule has 6 heteroatoms. The number of amides is 1. The molecule has 1 saturated heterocycles. The third-order valence-electron chi connectivity index (χ3n) is 5.01. The topological polar surface area (TPSA) is 49.6 Å². The maximum absolute atomic E-state index is 12.8. The van der Waals surface area contributed by atoms with E-state index in [1.807, 2.05) is 47.4 Å². The van der Waals surface area contributed by atoms with Gasteiger partial charge < -0.3 is 9.32 Å². The molecule has 5 nitrogen and oxygen atoms in total. The van der Waals surface area contributed by atoms with Crippen LogP contribution in [0.25, 0.3) is 6.08 Å². The lowest BCUT2D eigenvalue weighted by Crippen LogP contribution is -2.48. The fourth-order valence-corrected chi connectivity index (χ4v) is 4.09. The second kappa shape index (κ2) is 10.3. The average Bonchev–Trinajstić information content (AvgIpc) is 3.28. The fraction of sp³-hybridized carbons (Fsp3) is 0.250. The number of carbonyl (C=O) groups excluding carboxylic acids is 1. The van der Waals surface area contributed by atoms with Gasteiger partial charge in [-0.2, -0.15) is 0 Å². The highest BCUT2D eigenvalue weighted by atomic mass is 32.2. The summed E-state index contributed by atoms with van der Waals surface area (Å²) in [6, 6.07) is 19.8. The van der Waals surface area contributed by atoms with Crippen molar-refractivity contribution in [1.82, 2.24) is 14.8 Å². The maximum Gasteiger partial charge on any atom is 0.289 e. The van der Waals surface area contributed by atoms with Crippen LogP contribution in [-0.2, 0) is 5.75 Å². The van der Waals surface area contributed by atoms with Crippen molar-refractivity contribution in [2.75, 3.05) is 32.7 Å². The highest BCUT2D eigenvalue weighted by Crippen LogP contribution is 2.22. The van der Waals surface area contributed by atoms with Gasteiger partial charge >= 0.3 is 0 Å². The molecule has 3 aromatic rings. The molecule has 0 spiro atoms. The van der Waals surface area contributed by atoms with E-state index in [-0.39, 0.29) is 5.91 Å². The summed E-state index contributed by atoms with van der Waals surface area (Å²) in [5.41, 5.74) is 1.21. The van der Waals surface area contributed by atoms with Gasteiger partial charge in [0.25, 0.3) is 5.91 Å². The summed E-state index contributed by atoms with van der Waals surface area (Å²) < 4.78 is 5.80. The molecular weight excluding hydrogens is 394 g/mol. The zero-order valence-electron chi connectivity index (χ0n) is 16.8. The van der Waals surface area contributed by atoms with E-state index >= 15 is 0 Å². The maximum atomic E-state index is 12.8. The molecule has 0 atom stereocenters. The van der Waals surface area contributed by atoms with Crippen LogP contribution in [0.4, 0.5) is 0 Å². The van der Waals surface area contributed by atoms with Crippen molar-refractivity contribution in [2.24, 2.45) is 0 Å². The lowest BCUT2D eigenvalue weighted by atomic mass is 10.2. The third kappa shape index (κ3) is 5.62. The van der Waals surface area contributed by atoms with Crippen LogP contribution in [-0.4, -0.2) is 53.4 Å². The monoisotopic (exact) mass is 419 g/mol. The minimum Gasteiger partial charge on any atom is -0.455 e. The highest BCUT2D eigenvalue weighted by Gasteiger charge is 2.23. The number of nitrogens with zero attached hydrogens (tertiary/aromatic N) is 3. The molecule has 0 radical (unpaired) electrons. The van der Waals surface area contributed by atoms with E-state index in [0.717, 1.165) is 43.5 Å². The van der Waals surface area contributed by atoms with Crippen molar-refractivity contribution < 1.29 is 9.21 Å². The van der Waals surface area contributed by atoms with Crippen molar-refractivity contribution in [3.63, 3.8) is 0 Å². The highest BCUT2D eigenvalue weighted by molar-refractivity contribution is 7.98. The van der Waals surface area contributed by atoms with Gasteiger partial charge in [0.15, 0.2) is 5.76 Å². The second-order valence-electron chi connectivity index (χ2n) is 7.13. The normalized spacial score (nSPS) is 15.0. The second-order valence-corrected chi connectivity index (χ2v) is 8.12. The van der Waals surface area contributed by atoms with Crippen molar-refractivity contribution in [2.45, 2.75) is 10.8 Å². The summed E-state index contributed by atoms with van der Waals surface area (Å²) in [5.74, 6) is 1.84. The Hall–Kier alpha value is -2.83. The first kappa shape index (κ1) is 20.4. The molecule has 0 bridgehead atoms. The molecule has 4 rings (SSSR count). The Bertz CT molecular complexity index is 964. The Balaban J connectivity index is 1.23. The van der Waals surface area contributed by atoms with E-state index in [2.05, 4.69) is 34.2 Å². The summed E-state index contributed by atoms with van der Waals surface area (Å²) in [6.45, 7) is 4.07. The first-order valence-electron chi connectivity index (χ1n) is 10.1. The minimum atomic E-state index is -0.0245. The summed E-state index contributed by atoms with van der Waals surface area (Å²) in [7, 11) is 0. The molecule has 154 valence electrons. The smallest absolute Gasteiger partial charge is 0.289 e. The molecule has 0 aliphatic carbocycles. The summed E-state index contributed by atoms with van der Waals surface area (Å²) in [4.78, 5) is 21.3. The number of benzene rings is 1. The molecule has 3 heterocycles. The van der Waals surface area contributed by atoms with E-state index in [1.165, 1.54) is 5.56 Å². The van der Waals surface area contributed by atoms with Crippen LogP contribution >= 0.6 is 11.8 Å². The number of furan rings is 1. The Morgan fingerprint density at radius 3 is 2.57 bits per heavy atom. The van der Waals surface area contributed by atoms with E-state index in [9.17, 15) is 4.79 Å².